The second-order valence-corrected chi connectivity index (χ2v) is 4.41. The van der Waals surface area contributed by atoms with Crippen molar-refractivity contribution >= 4 is 6.29 Å². The number of alkyl halides is 1. The molecule has 2 rings (SSSR count). The van der Waals surface area contributed by atoms with E-state index in [4.69, 9.17) is 9.47 Å². The Morgan fingerprint density at radius 1 is 1.43 bits per heavy atom. The second kappa shape index (κ2) is 3.28. The summed E-state index contributed by atoms with van der Waals surface area (Å²) in [5.74, 6) is -0.682. The Balaban J connectivity index is 2.16. The molecule has 2 atom stereocenters. The Morgan fingerprint density at radius 3 is 2.64 bits per heavy atom. The van der Waals surface area contributed by atoms with Crippen LogP contribution in [-0.4, -0.2) is 31.5 Å². The number of rotatable bonds is 1. The van der Waals surface area contributed by atoms with Gasteiger partial charge in [0.15, 0.2) is 5.79 Å². The number of hydrogen-bond acceptors (Lipinski definition) is 3. The molecule has 1 aliphatic carbocycles. The summed E-state index contributed by atoms with van der Waals surface area (Å²) in [6.07, 6.45) is 0.861. The minimum atomic E-state index is -1.07. The summed E-state index contributed by atoms with van der Waals surface area (Å²) in [5.41, 5.74) is -0.942. The van der Waals surface area contributed by atoms with Gasteiger partial charge in [-0.1, -0.05) is 0 Å². The average Bonchev–Trinajstić information content (AvgIpc) is 2.61. The fourth-order valence-corrected chi connectivity index (χ4v) is 2.31. The van der Waals surface area contributed by atoms with Gasteiger partial charge in [0.1, 0.15) is 12.5 Å². The van der Waals surface area contributed by atoms with Gasteiger partial charge >= 0.3 is 0 Å². The predicted octanol–water partition coefficient (Wildman–Crippen LogP) is 1.46. The monoisotopic (exact) mass is 202 g/mol. The summed E-state index contributed by atoms with van der Waals surface area (Å²) in [6, 6.07) is 0. The number of hydrogen-bond donors (Lipinski definition) is 0. The zero-order valence-electron chi connectivity index (χ0n) is 8.29. The zero-order chi connectivity index (χ0) is 10.2. The molecule has 1 spiro atoms. The maximum atomic E-state index is 13.5. The lowest BCUT2D eigenvalue weighted by molar-refractivity contribution is -0.209. The molecule has 1 aliphatic heterocycles. The van der Waals surface area contributed by atoms with E-state index in [0.29, 0.717) is 38.8 Å². The van der Waals surface area contributed by atoms with E-state index in [9.17, 15) is 9.18 Å². The smallest absolute Gasteiger partial charge is 0.169 e. The fraction of sp³-hybridized carbons (Fsp3) is 0.900. The highest BCUT2D eigenvalue weighted by Gasteiger charge is 2.51. The molecule has 0 radical (unpaired) electrons. The Morgan fingerprint density at radius 2 is 2.07 bits per heavy atom. The highest BCUT2D eigenvalue weighted by Crippen LogP contribution is 2.45. The maximum Gasteiger partial charge on any atom is 0.169 e. The number of carbonyl (C=O) groups is 1. The van der Waals surface area contributed by atoms with Gasteiger partial charge in [-0.25, -0.2) is 4.39 Å². The van der Waals surface area contributed by atoms with Gasteiger partial charge in [-0.3, -0.25) is 0 Å². The van der Waals surface area contributed by atoms with Gasteiger partial charge in [-0.05, 0) is 13.3 Å². The number of halogens is 1. The third kappa shape index (κ3) is 1.46. The van der Waals surface area contributed by atoms with Crippen molar-refractivity contribution in [3.8, 4) is 0 Å². The van der Waals surface area contributed by atoms with Gasteiger partial charge in [0.25, 0.3) is 0 Å². The van der Waals surface area contributed by atoms with Gasteiger partial charge in [0.05, 0.1) is 18.6 Å². The lowest BCUT2D eigenvalue weighted by Gasteiger charge is -2.41. The molecule has 0 bridgehead atoms. The van der Waals surface area contributed by atoms with Crippen LogP contribution in [0.1, 0.15) is 26.2 Å². The molecule has 0 N–H and O–H groups in total. The van der Waals surface area contributed by atoms with Crippen molar-refractivity contribution in [2.75, 3.05) is 13.2 Å². The van der Waals surface area contributed by atoms with E-state index in [2.05, 4.69) is 0 Å². The van der Waals surface area contributed by atoms with Crippen LogP contribution in [0, 0.1) is 5.41 Å². The molecule has 2 aliphatic rings. The highest BCUT2D eigenvalue weighted by molar-refractivity contribution is 5.60. The SMILES string of the molecule is C[C@@]1(C=O)CC2(CC[C@@H]1F)OCCO2. The molecule has 0 aromatic carbocycles. The van der Waals surface area contributed by atoms with Crippen molar-refractivity contribution in [3.63, 3.8) is 0 Å². The molecule has 0 aromatic rings. The summed E-state index contributed by atoms with van der Waals surface area (Å²) < 4.78 is 24.5. The molecule has 4 heteroatoms. The van der Waals surface area contributed by atoms with Crippen molar-refractivity contribution in [2.45, 2.75) is 38.1 Å². The lowest BCUT2D eigenvalue weighted by atomic mass is 9.72. The Hall–Kier alpha value is -0.480. The molecular formula is C10H15FO3. The van der Waals surface area contributed by atoms with Crippen molar-refractivity contribution < 1.29 is 18.7 Å². The molecule has 2 fully saturated rings. The highest BCUT2D eigenvalue weighted by atomic mass is 19.1. The third-order valence-electron chi connectivity index (χ3n) is 3.23. The Kier molecular flexibility index (Phi) is 2.35. The molecule has 14 heavy (non-hydrogen) atoms. The Labute approximate surface area is 82.6 Å². The fourth-order valence-electron chi connectivity index (χ4n) is 2.31. The van der Waals surface area contributed by atoms with Crippen LogP contribution in [0.15, 0.2) is 0 Å². The van der Waals surface area contributed by atoms with E-state index in [1.807, 2.05) is 0 Å². The van der Waals surface area contributed by atoms with Crippen molar-refractivity contribution in [1.29, 1.82) is 0 Å². The largest absolute Gasteiger partial charge is 0.347 e. The van der Waals surface area contributed by atoms with E-state index in [-0.39, 0.29) is 0 Å². The van der Waals surface area contributed by atoms with Crippen LogP contribution < -0.4 is 0 Å². The third-order valence-corrected chi connectivity index (χ3v) is 3.23. The standard InChI is InChI=1S/C10H15FO3/c1-9(7-12)6-10(3-2-8(9)11)13-4-5-14-10/h7-8H,2-6H2,1H3/t8-,9-/m0/s1. The van der Waals surface area contributed by atoms with E-state index in [1.165, 1.54) is 0 Å². The second-order valence-electron chi connectivity index (χ2n) is 4.41. The van der Waals surface area contributed by atoms with Crippen molar-refractivity contribution in [2.24, 2.45) is 5.41 Å². The first-order valence-corrected chi connectivity index (χ1v) is 4.99. The Bertz CT molecular complexity index is 238. The van der Waals surface area contributed by atoms with Crippen LogP contribution in [0.5, 0.6) is 0 Å². The minimum Gasteiger partial charge on any atom is -0.347 e. The molecule has 3 nitrogen and oxygen atoms in total. The van der Waals surface area contributed by atoms with E-state index >= 15 is 0 Å². The van der Waals surface area contributed by atoms with E-state index < -0.39 is 17.4 Å². The topological polar surface area (TPSA) is 35.5 Å². The molecule has 0 unspecified atom stereocenters. The van der Waals surface area contributed by atoms with Gasteiger partial charge in [0, 0.05) is 12.8 Å². The molecule has 80 valence electrons. The maximum absolute atomic E-state index is 13.5. The summed E-state index contributed by atoms with van der Waals surface area (Å²) in [5, 5.41) is 0. The van der Waals surface area contributed by atoms with Crippen molar-refractivity contribution in [3.05, 3.63) is 0 Å². The average molecular weight is 202 g/mol. The molecule has 1 saturated heterocycles. The number of ether oxygens (including phenoxy) is 2. The zero-order valence-corrected chi connectivity index (χ0v) is 8.29. The molecule has 1 saturated carbocycles. The van der Waals surface area contributed by atoms with Gasteiger partial charge in [0.2, 0.25) is 0 Å². The van der Waals surface area contributed by atoms with Crippen molar-refractivity contribution in [1.82, 2.24) is 0 Å². The summed E-state index contributed by atoms with van der Waals surface area (Å²) in [4.78, 5) is 10.9. The quantitative estimate of drug-likeness (QED) is 0.604. The van der Waals surface area contributed by atoms with E-state index in [0.717, 1.165) is 0 Å². The van der Waals surface area contributed by atoms with Crippen LogP contribution in [0.3, 0.4) is 0 Å². The van der Waals surface area contributed by atoms with Gasteiger partial charge in [-0.15, -0.1) is 0 Å². The predicted molar refractivity (Wildman–Crippen MR) is 47.6 cm³/mol. The first-order valence-electron chi connectivity index (χ1n) is 4.99. The van der Waals surface area contributed by atoms with Crippen LogP contribution in [-0.2, 0) is 14.3 Å². The normalized spacial score (nSPS) is 41.4. The minimum absolute atomic E-state index is 0.338. The first-order chi connectivity index (χ1) is 6.60. The van der Waals surface area contributed by atoms with Crippen LogP contribution in [0.4, 0.5) is 4.39 Å². The lowest BCUT2D eigenvalue weighted by Crippen LogP contribution is -2.47. The van der Waals surface area contributed by atoms with Crippen LogP contribution >= 0.6 is 0 Å². The molecule has 0 amide bonds. The summed E-state index contributed by atoms with van der Waals surface area (Å²) >= 11 is 0. The molecule has 1 heterocycles. The molecule has 0 aromatic heterocycles. The summed E-state index contributed by atoms with van der Waals surface area (Å²) in [7, 11) is 0. The number of carbonyl (C=O) groups excluding carboxylic acids is 1. The van der Waals surface area contributed by atoms with Crippen LogP contribution in [0.25, 0.3) is 0 Å². The van der Waals surface area contributed by atoms with E-state index in [1.54, 1.807) is 6.92 Å². The first kappa shape index (κ1) is 10.1. The number of aldehydes is 1. The van der Waals surface area contributed by atoms with Crippen LogP contribution in [0.2, 0.25) is 0 Å². The van der Waals surface area contributed by atoms with Gasteiger partial charge in [-0.2, -0.15) is 0 Å². The summed E-state index contributed by atoms with van der Waals surface area (Å²) in [6.45, 7) is 2.73. The van der Waals surface area contributed by atoms with Gasteiger partial charge < -0.3 is 14.3 Å². The molecular weight excluding hydrogens is 187 g/mol.